The molecule has 0 saturated carbocycles. The van der Waals surface area contributed by atoms with Gasteiger partial charge in [-0.3, -0.25) is 25.2 Å². The minimum absolute atomic E-state index is 0.160. The van der Waals surface area contributed by atoms with Gasteiger partial charge in [0.25, 0.3) is 5.91 Å². The highest BCUT2D eigenvalue weighted by Gasteiger charge is 2.15. The van der Waals surface area contributed by atoms with Crippen molar-refractivity contribution in [2.24, 2.45) is 0 Å². The van der Waals surface area contributed by atoms with Crippen LogP contribution in [-0.2, 0) is 27.2 Å². The lowest BCUT2D eigenvalue weighted by molar-refractivity contribution is -0.141. The minimum atomic E-state index is -0.926. The number of benzene rings is 1. The van der Waals surface area contributed by atoms with Crippen LogP contribution in [0.25, 0.3) is 0 Å². The molecule has 0 bridgehead atoms. The van der Waals surface area contributed by atoms with Crippen molar-refractivity contribution < 1.29 is 19.1 Å². The summed E-state index contributed by atoms with van der Waals surface area (Å²) in [5.74, 6) is -1.66. The number of ether oxygens (including phenoxy) is 1. The van der Waals surface area contributed by atoms with E-state index in [1.807, 2.05) is 23.6 Å². The number of hydrazine groups is 1. The molecule has 0 saturated heterocycles. The van der Waals surface area contributed by atoms with Crippen molar-refractivity contribution in [1.82, 2.24) is 16.2 Å². The summed E-state index contributed by atoms with van der Waals surface area (Å²) < 4.78 is 5.39. The van der Waals surface area contributed by atoms with Crippen LogP contribution in [0.15, 0.2) is 18.2 Å². The largest absolute Gasteiger partial charge is 0.484 e. The van der Waals surface area contributed by atoms with E-state index in [-0.39, 0.29) is 12.6 Å². The average Bonchev–Trinajstić information content (AvgIpc) is 2.97. The van der Waals surface area contributed by atoms with Crippen molar-refractivity contribution in [3.8, 4) is 5.75 Å². The highest BCUT2D eigenvalue weighted by Crippen LogP contribution is 2.25. The SMILES string of the molecule is CC(C)NC(=O)C(=O)NNC(=O)COc1ccc2c(c1)CCC2. The number of carbonyl (C=O) groups excluding carboxylic acids is 3. The van der Waals surface area contributed by atoms with Crippen LogP contribution in [0.1, 0.15) is 31.4 Å². The first-order chi connectivity index (χ1) is 11.0. The summed E-state index contributed by atoms with van der Waals surface area (Å²) in [6, 6.07) is 5.61. The molecule has 0 aliphatic heterocycles. The highest BCUT2D eigenvalue weighted by atomic mass is 16.5. The summed E-state index contributed by atoms with van der Waals surface area (Å²) >= 11 is 0. The van der Waals surface area contributed by atoms with Crippen LogP contribution in [0.5, 0.6) is 5.75 Å². The first-order valence-electron chi connectivity index (χ1n) is 7.60. The molecule has 0 radical (unpaired) electrons. The Morgan fingerprint density at radius 3 is 2.57 bits per heavy atom. The van der Waals surface area contributed by atoms with Crippen LogP contribution in [0, 0.1) is 0 Å². The van der Waals surface area contributed by atoms with Crippen molar-refractivity contribution in [3.05, 3.63) is 29.3 Å². The lowest BCUT2D eigenvalue weighted by atomic mass is 10.1. The molecule has 7 heteroatoms. The number of aryl methyl sites for hydroxylation is 2. The van der Waals surface area contributed by atoms with Gasteiger partial charge in [0.1, 0.15) is 5.75 Å². The predicted octanol–water partition coefficient (Wildman–Crippen LogP) is 0.226. The van der Waals surface area contributed by atoms with Crippen molar-refractivity contribution >= 4 is 17.7 Å². The van der Waals surface area contributed by atoms with Crippen LogP contribution in [-0.4, -0.2) is 30.4 Å². The molecule has 0 heterocycles. The van der Waals surface area contributed by atoms with Crippen molar-refractivity contribution in [2.75, 3.05) is 6.61 Å². The van der Waals surface area contributed by atoms with Gasteiger partial charge in [-0.25, -0.2) is 0 Å². The molecule has 23 heavy (non-hydrogen) atoms. The van der Waals surface area contributed by atoms with Crippen LogP contribution in [0.3, 0.4) is 0 Å². The second-order valence-electron chi connectivity index (χ2n) is 5.70. The Hall–Kier alpha value is -2.57. The molecule has 0 atom stereocenters. The van der Waals surface area contributed by atoms with Crippen LogP contribution < -0.4 is 20.9 Å². The zero-order chi connectivity index (χ0) is 16.8. The fourth-order valence-corrected chi connectivity index (χ4v) is 2.33. The Morgan fingerprint density at radius 2 is 1.83 bits per heavy atom. The van der Waals surface area contributed by atoms with Crippen LogP contribution in [0.4, 0.5) is 0 Å². The molecule has 0 fully saturated rings. The Bertz CT molecular complexity index is 613. The first-order valence-corrected chi connectivity index (χ1v) is 7.60. The van der Waals surface area contributed by atoms with E-state index >= 15 is 0 Å². The third-order valence-corrected chi connectivity index (χ3v) is 3.38. The number of nitrogens with one attached hydrogen (secondary N) is 3. The standard InChI is InChI=1S/C16H21N3O4/c1-10(2)17-15(21)16(22)19-18-14(20)9-23-13-7-6-11-4-3-5-12(11)8-13/h6-8,10H,3-5,9H2,1-2H3,(H,17,21)(H,18,20)(H,19,22). The highest BCUT2D eigenvalue weighted by molar-refractivity contribution is 6.35. The molecular formula is C16H21N3O4. The molecule has 3 amide bonds. The van der Waals surface area contributed by atoms with E-state index in [2.05, 4.69) is 10.7 Å². The third kappa shape index (κ3) is 4.98. The first kappa shape index (κ1) is 16.8. The van der Waals surface area contributed by atoms with E-state index in [0.29, 0.717) is 5.75 Å². The summed E-state index contributed by atoms with van der Waals surface area (Å²) in [5.41, 5.74) is 6.75. The second kappa shape index (κ2) is 7.62. The van der Waals surface area contributed by atoms with Gasteiger partial charge in [-0.1, -0.05) is 6.07 Å². The molecule has 7 nitrogen and oxygen atoms in total. The monoisotopic (exact) mass is 319 g/mol. The van der Waals surface area contributed by atoms with E-state index in [1.165, 1.54) is 11.1 Å². The van der Waals surface area contributed by atoms with Gasteiger partial charge in [0, 0.05) is 6.04 Å². The molecular weight excluding hydrogens is 298 g/mol. The lowest BCUT2D eigenvalue weighted by Gasteiger charge is -2.11. The van der Waals surface area contributed by atoms with Gasteiger partial charge in [0.2, 0.25) is 0 Å². The summed E-state index contributed by atoms with van der Waals surface area (Å²) in [4.78, 5) is 34.4. The molecule has 1 aliphatic carbocycles. The number of amides is 3. The maximum absolute atomic E-state index is 11.6. The molecule has 1 aliphatic rings. The van der Waals surface area contributed by atoms with Gasteiger partial charge in [-0.2, -0.15) is 0 Å². The van der Waals surface area contributed by atoms with Crippen molar-refractivity contribution in [3.63, 3.8) is 0 Å². The Labute approximate surface area is 134 Å². The topological polar surface area (TPSA) is 96.5 Å². The van der Waals surface area contributed by atoms with Crippen molar-refractivity contribution in [1.29, 1.82) is 0 Å². The Kier molecular flexibility index (Phi) is 5.56. The number of rotatable bonds is 4. The van der Waals surface area contributed by atoms with Crippen molar-refractivity contribution in [2.45, 2.75) is 39.2 Å². The molecule has 0 aromatic heterocycles. The normalized spacial score (nSPS) is 12.5. The summed E-state index contributed by atoms with van der Waals surface area (Å²) in [7, 11) is 0. The lowest BCUT2D eigenvalue weighted by Crippen LogP contribution is -2.50. The van der Waals surface area contributed by atoms with Gasteiger partial charge in [0.15, 0.2) is 6.61 Å². The number of carbonyl (C=O) groups is 3. The molecule has 2 rings (SSSR count). The molecule has 1 aromatic carbocycles. The average molecular weight is 319 g/mol. The van der Waals surface area contributed by atoms with E-state index in [0.717, 1.165) is 19.3 Å². The van der Waals surface area contributed by atoms with E-state index in [4.69, 9.17) is 4.74 Å². The quantitative estimate of drug-likeness (QED) is 0.546. The third-order valence-electron chi connectivity index (χ3n) is 3.38. The van der Waals surface area contributed by atoms with Gasteiger partial charge in [-0.15, -0.1) is 0 Å². The molecule has 0 unspecified atom stereocenters. The van der Waals surface area contributed by atoms with Crippen LogP contribution in [0.2, 0.25) is 0 Å². The molecule has 3 N–H and O–H groups in total. The summed E-state index contributed by atoms with van der Waals surface area (Å²) in [6.45, 7) is 3.22. The summed E-state index contributed by atoms with van der Waals surface area (Å²) in [6.07, 6.45) is 3.25. The van der Waals surface area contributed by atoms with Crippen LogP contribution >= 0.6 is 0 Å². The fraction of sp³-hybridized carbons (Fsp3) is 0.438. The van der Waals surface area contributed by atoms with Gasteiger partial charge >= 0.3 is 11.8 Å². The smallest absolute Gasteiger partial charge is 0.327 e. The zero-order valence-corrected chi connectivity index (χ0v) is 13.3. The van der Waals surface area contributed by atoms with Gasteiger partial charge < -0.3 is 10.1 Å². The fourth-order valence-electron chi connectivity index (χ4n) is 2.33. The Morgan fingerprint density at radius 1 is 1.09 bits per heavy atom. The van der Waals surface area contributed by atoms with E-state index in [1.54, 1.807) is 13.8 Å². The molecule has 124 valence electrons. The molecule has 0 spiro atoms. The van der Waals surface area contributed by atoms with E-state index < -0.39 is 17.7 Å². The minimum Gasteiger partial charge on any atom is -0.484 e. The number of hydrogen-bond acceptors (Lipinski definition) is 4. The maximum Gasteiger partial charge on any atom is 0.327 e. The van der Waals surface area contributed by atoms with Gasteiger partial charge in [0.05, 0.1) is 0 Å². The predicted molar refractivity (Wildman–Crippen MR) is 83.5 cm³/mol. The zero-order valence-electron chi connectivity index (χ0n) is 13.3. The number of fused-ring (bicyclic) bond motifs is 1. The maximum atomic E-state index is 11.6. The summed E-state index contributed by atoms with van der Waals surface area (Å²) in [5, 5.41) is 2.41. The molecule has 1 aromatic rings. The second-order valence-corrected chi connectivity index (χ2v) is 5.70. The number of hydrogen-bond donors (Lipinski definition) is 3. The van der Waals surface area contributed by atoms with Gasteiger partial charge in [-0.05, 0) is 56.4 Å². The Balaban J connectivity index is 1.73. The van der Waals surface area contributed by atoms with E-state index in [9.17, 15) is 14.4 Å².